The second-order valence-corrected chi connectivity index (χ2v) is 4.87. The van der Waals surface area contributed by atoms with Gasteiger partial charge in [0.25, 0.3) is 0 Å². The van der Waals surface area contributed by atoms with Crippen molar-refractivity contribution in [3.63, 3.8) is 0 Å². The molecule has 4 nitrogen and oxygen atoms in total. The smallest absolute Gasteiger partial charge is 0.237 e. The molecule has 2 atom stereocenters. The topological polar surface area (TPSA) is 52.6 Å². The van der Waals surface area contributed by atoms with Crippen molar-refractivity contribution in [3.05, 3.63) is 0 Å². The fourth-order valence-electron chi connectivity index (χ4n) is 2.54. The number of rotatable bonds is 6. The Kier molecular flexibility index (Phi) is 6.52. The molecule has 1 saturated heterocycles. The molecule has 0 radical (unpaired) electrons. The summed E-state index contributed by atoms with van der Waals surface area (Å²) >= 11 is 0. The molecule has 17 heavy (non-hydrogen) atoms. The number of piperidine rings is 1. The van der Waals surface area contributed by atoms with E-state index < -0.39 is 0 Å². The van der Waals surface area contributed by atoms with Crippen molar-refractivity contribution in [2.24, 2.45) is 0 Å². The third-order valence-corrected chi connectivity index (χ3v) is 3.56. The van der Waals surface area contributed by atoms with E-state index in [4.69, 9.17) is 5.11 Å². The van der Waals surface area contributed by atoms with Crippen LogP contribution in [0.3, 0.4) is 0 Å². The largest absolute Gasteiger partial charge is 0.396 e. The Morgan fingerprint density at radius 2 is 2.29 bits per heavy atom. The lowest BCUT2D eigenvalue weighted by Crippen LogP contribution is -2.52. The summed E-state index contributed by atoms with van der Waals surface area (Å²) in [6.07, 6.45) is 5.23. The Hall–Kier alpha value is -0.610. The standard InChI is InChI=1S/C13H26N2O2/c1-3-8-14-13(17)11(2)15-9-5-4-6-12(15)7-10-16/h11-12,16H,3-10H2,1-2H3,(H,14,17). The van der Waals surface area contributed by atoms with Crippen molar-refractivity contribution >= 4 is 5.91 Å². The summed E-state index contributed by atoms with van der Waals surface area (Å²) in [6, 6.07) is 0.300. The lowest BCUT2D eigenvalue weighted by Gasteiger charge is -2.39. The highest BCUT2D eigenvalue weighted by Crippen LogP contribution is 2.21. The number of likely N-dealkylation sites (tertiary alicyclic amines) is 1. The van der Waals surface area contributed by atoms with Gasteiger partial charge in [-0.1, -0.05) is 13.3 Å². The van der Waals surface area contributed by atoms with E-state index >= 15 is 0 Å². The summed E-state index contributed by atoms with van der Waals surface area (Å²) in [7, 11) is 0. The monoisotopic (exact) mass is 242 g/mol. The van der Waals surface area contributed by atoms with Gasteiger partial charge in [0.15, 0.2) is 0 Å². The van der Waals surface area contributed by atoms with E-state index in [0.29, 0.717) is 6.04 Å². The van der Waals surface area contributed by atoms with Crippen LogP contribution >= 0.6 is 0 Å². The first kappa shape index (κ1) is 14.5. The number of nitrogens with one attached hydrogen (secondary N) is 1. The van der Waals surface area contributed by atoms with Crippen molar-refractivity contribution in [3.8, 4) is 0 Å². The normalized spacial score (nSPS) is 23.4. The zero-order valence-electron chi connectivity index (χ0n) is 11.1. The number of carbonyl (C=O) groups excluding carboxylic acids is 1. The van der Waals surface area contributed by atoms with Crippen LogP contribution < -0.4 is 5.32 Å². The molecule has 0 aromatic carbocycles. The van der Waals surface area contributed by atoms with Gasteiger partial charge in [-0.05, 0) is 39.2 Å². The molecule has 1 fully saturated rings. The molecule has 2 unspecified atom stereocenters. The Labute approximate surface area is 104 Å². The Balaban J connectivity index is 2.51. The highest BCUT2D eigenvalue weighted by Gasteiger charge is 2.29. The number of carbonyl (C=O) groups is 1. The molecule has 2 N–H and O–H groups in total. The molecule has 0 aliphatic carbocycles. The van der Waals surface area contributed by atoms with Crippen molar-refractivity contribution in [2.45, 2.75) is 58.0 Å². The average Bonchev–Trinajstić information content (AvgIpc) is 2.36. The van der Waals surface area contributed by atoms with Crippen LogP contribution in [0.2, 0.25) is 0 Å². The minimum absolute atomic E-state index is 0.0709. The van der Waals surface area contributed by atoms with Gasteiger partial charge in [0.1, 0.15) is 0 Å². The van der Waals surface area contributed by atoms with E-state index in [0.717, 1.165) is 38.8 Å². The fourth-order valence-corrected chi connectivity index (χ4v) is 2.54. The van der Waals surface area contributed by atoms with E-state index in [1.165, 1.54) is 6.42 Å². The van der Waals surface area contributed by atoms with Crippen molar-refractivity contribution < 1.29 is 9.90 Å². The van der Waals surface area contributed by atoms with Crippen molar-refractivity contribution in [1.29, 1.82) is 0 Å². The van der Waals surface area contributed by atoms with Gasteiger partial charge in [-0.15, -0.1) is 0 Å². The third kappa shape index (κ3) is 4.28. The molecular formula is C13H26N2O2. The highest BCUT2D eigenvalue weighted by atomic mass is 16.3. The molecule has 1 amide bonds. The lowest BCUT2D eigenvalue weighted by molar-refractivity contribution is -0.127. The molecule has 0 saturated carbocycles. The van der Waals surface area contributed by atoms with E-state index in [2.05, 4.69) is 17.1 Å². The third-order valence-electron chi connectivity index (χ3n) is 3.56. The summed E-state index contributed by atoms with van der Waals surface area (Å²) in [4.78, 5) is 14.2. The number of nitrogens with zero attached hydrogens (tertiary/aromatic N) is 1. The molecule has 100 valence electrons. The molecule has 1 aliphatic rings. The number of hydrogen-bond donors (Lipinski definition) is 2. The molecule has 0 aromatic rings. The number of amides is 1. The molecule has 1 aliphatic heterocycles. The maximum Gasteiger partial charge on any atom is 0.237 e. The Morgan fingerprint density at radius 3 is 2.94 bits per heavy atom. The van der Waals surface area contributed by atoms with Crippen LogP contribution in [0, 0.1) is 0 Å². The summed E-state index contributed by atoms with van der Waals surface area (Å²) in [5.41, 5.74) is 0. The quantitative estimate of drug-likeness (QED) is 0.734. The maximum atomic E-state index is 11.9. The van der Waals surface area contributed by atoms with Crippen LogP contribution in [0.4, 0.5) is 0 Å². The lowest BCUT2D eigenvalue weighted by atomic mass is 9.97. The summed E-state index contributed by atoms with van der Waals surface area (Å²) in [5.74, 6) is 0.122. The number of hydrogen-bond acceptors (Lipinski definition) is 3. The van der Waals surface area contributed by atoms with E-state index in [1.54, 1.807) is 0 Å². The highest BCUT2D eigenvalue weighted by molar-refractivity contribution is 5.81. The van der Waals surface area contributed by atoms with E-state index in [1.807, 2.05) is 6.92 Å². The molecule has 0 aromatic heterocycles. The van der Waals surface area contributed by atoms with Gasteiger partial charge in [-0.2, -0.15) is 0 Å². The van der Waals surface area contributed by atoms with Gasteiger partial charge in [-0.25, -0.2) is 0 Å². The molecule has 1 heterocycles. The van der Waals surface area contributed by atoms with Crippen LogP contribution in [-0.2, 0) is 4.79 Å². The Bertz CT molecular complexity index is 231. The SMILES string of the molecule is CCCNC(=O)C(C)N1CCCCC1CCO. The van der Waals surface area contributed by atoms with Crippen LogP contribution in [0.25, 0.3) is 0 Å². The second-order valence-electron chi connectivity index (χ2n) is 4.87. The molecule has 4 heteroatoms. The first-order chi connectivity index (χ1) is 8.20. The Morgan fingerprint density at radius 1 is 1.53 bits per heavy atom. The summed E-state index contributed by atoms with van der Waals surface area (Å²) in [5, 5.41) is 12.0. The van der Waals surface area contributed by atoms with Crippen LogP contribution in [0.15, 0.2) is 0 Å². The molecular weight excluding hydrogens is 216 g/mol. The van der Waals surface area contributed by atoms with Crippen molar-refractivity contribution in [1.82, 2.24) is 10.2 Å². The molecule has 1 rings (SSSR count). The summed E-state index contributed by atoms with van der Waals surface area (Å²) < 4.78 is 0. The predicted octanol–water partition coefficient (Wildman–Crippen LogP) is 1.14. The van der Waals surface area contributed by atoms with Gasteiger partial charge in [0.2, 0.25) is 5.91 Å². The summed E-state index contributed by atoms with van der Waals surface area (Å²) in [6.45, 7) is 5.97. The van der Waals surface area contributed by atoms with Gasteiger partial charge in [0.05, 0.1) is 6.04 Å². The van der Waals surface area contributed by atoms with E-state index in [-0.39, 0.29) is 18.6 Å². The van der Waals surface area contributed by atoms with Gasteiger partial charge in [-0.3, -0.25) is 9.69 Å². The van der Waals surface area contributed by atoms with Gasteiger partial charge < -0.3 is 10.4 Å². The van der Waals surface area contributed by atoms with Crippen LogP contribution in [-0.4, -0.2) is 47.7 Å². The molecule has 0 bridgehead atoms. The average molecular weight is 242 g/mol. The van der Waals surface area contributed by atoms with Gasteiger partial charge >= 0.3 is 0 Å². The predicted molar refractivity (Wildman–Crippen MR) is 68.8 cm³/mol. The minimum atomic E-state index is -0.0709. The first-order valence-corrected chi connectivity index (χ1v) is 6.85. The van der Waals surface area contributed by atoms with Crippen molar-refractivity contribution in [2.75, 3.05) is 19.7 Å². The zero-order valence-corrected chi connectivity index (χ0v) is 11.1. The number of aliphatic hydroxyl groups is 1. The first-order valence-electron chi connectivity index (χ1n) is 6.85. The fraction of sp³-hybridized carbons (Fsp3) is 0.923. The number of aliphatic hydroxyl groups excluding tert-OH is 1. The molecule has 0 spiro atoms. The second kappa shape index (κ2) is 7.67. The van der Waals surface area contributed by atoms with E-state index in [9.17, 15) is 4.79 Å². The maximum absolute atomic E-state index is 11.9. The minimum Gasteiger partial charge on any atom is -0.396 e. The van der Waals surface area contributed by atoms with Gasteiger partial charge in [0, 0.05) is 19.2 Å². The van der Waals surface area contributed by atoms with Crippen LogP contribution in [0.5, 0.6) is 0 Å². The zero-order chi connectivity index (χ0) is 12.7. The van der Waals surface area contributed by atoms with Crippen LogP contribution in [0.1, 0.15) is 46.0 Å².